The summed E-state index contributed by atoms with van der Waals surface area (Å²) in [5.74, 6) is 0. The van der Waals surface area contributed by atoms with E-state index in [2.05, 4.69) is 15.9 Å². The summed E-state index contributed by atoms with van der Waals surface area (Å²) in [5, 5.41) is 10.8. The number of nitrogens with zero attached hydrogens (tertiary/aromatic N) is 1. The van der Waals surface area contributed by atoms with Gasteiger partial charge in [-0.1, -0.05) is 17.4 Å². The van der Waals surface area contributed by atoms with E-state index in [1.807, 2.05) is 0 Å². The fraction of sp³-hybridized carbons (Fsp3) is 0. The fourth-order valence-corrected chi connectivity index (χ4v) is 2.72. The van der Waals surface area contributed by atoms with E-state index in [0.717, 1.165) is 11.3 Å². The van der Waals surface area contributed by atoms with E-state index in [4.69, 9.17) is 0 Å². The van der Waals surface area contributed by atoms with E-state index < -0.39 is 10.1 Å². The van der Waals surface area contributed by atoms with Gasteiger partial charge in [0.15, 0.2) is 5.13 Å². The predicted octanol–water partition coefficient (Wildman–Crippen LogP) is 3.71. The molecule has 1 aromatic heterocycles. The molecule has 0 aliphatic heterocycles. The largest absolute Gasteiger partial charge is 0.301 e. The van der Waals surface area contributed by atoms with Crippen molar-refractivity contribution < 1.29 is 9.31 Å². The van der Waals surface area contributed by atoms with Gasteiger partial charge in [-0.3, -0.25) is 10.1 Å². The molecule has 0 atom stereocenters. The Morgan fingerprint density at radius 3 is 2.86 bits per heavy atom. The minimum Gasteiger partial charge on any atom is -0.258 e. The number of benzene rings is 1. The quantitative estimate of drug-likeness (QED) is 0.588. The van der Waals surface area contributed by atoms with Crippen molar-refractivity contribution in [1.82, 2.24) is 0 Å². The van der Waals surface area contributed by atoms with Crippen LogP contribution in [0.1, 0.15) is 0 Å². The van der Waals surface area contributed by atoms with Gasteiger partial charge < -0.3 is 0 Å². The van der Waals surface area contributed by atoms with Gasteiger partial charge in [0.1, 0.15) is 4.70 Å². The summed E-state index contributed by atoms with van der Waals surface area (Å²) in [4.78, 5) is 10.2. The van der Waals surface area contributed by atoms with Gasteiger partial charge in [-0.2, -0.15) is 4.39 Å². The third-order valence-electron chi connectivity index (χ3n) is 1.76. The van der Waals surface area contributed by atoms with Crippen molar-refractivity contribution in [2.45, 2.75) is 0 Å². The number of hydrogen-bond acceptors (Lipinski definition) is 3. The van der Waals surface area contributed by atoms with E-state index in [9.17, 15) is 14.5 Å². The van der Waals surface area contributed by atoms with Crippen molar-refractivity contribution in [3.05, 3.63) is 37.9 Å². The number of thiophene rings is 1. The summed E-state index contributed by atoms with van der Waals surface area (Å²) >= 11 is 3.85. The van der Waals surface area contributed by atoms with E-state index in [-0.39, 0.29) is 5.69 Å². The van der Waals surface area contributed by atoms with Crippen LogP contribution in [0, 0.1) is 15.2 Å². The summed E-state index contributed by atoms with van der Waals surface area (Å²) in [7, 11) is 0. The zero-order valence-electron chi connectivity index (χ0n) is 6.66. The van der Waals surface area contributed by atoms with E-state index in [1.165, 1.54) is 6.07 Å². The summed E-state index contributed by atoms with van der Waals surface area (Å²) in [6.07, 6.45) is 0. The molecule has 1 heterocycles. The number of fused-ring (bicyclic) bond motifs is 1. The molecule has 0 saturated heterocycles. The Hall–Kier alpha value is -1.01. The van der Waals surface area contributed by atoms with E-state index in [1.54, 1.807) is 12.1 Å². The normalized spacial score (nSPS) is 10.7. The van der Waals surface area contributed by atoms with Crippen molar-refractivity contribution in [1.29, 1.82) is 0 Å². The zero-order valence-corrected chi connectivity index (χ0v) is 9.06. The maximum atomic E-state index is 12.9. The molecule has 0 fully saturated rings. The Morgan fingerprint density at radius 2 is 2.21 bits per heavy atom. The van der Waals surface area contributed by atoms with Gasteiger partial charge >= 0.3 is 5.69 Å². The van der Waals surface area contributed by atoms with Gasteiger partial charge in [-0.05, 0) is 28.1 Å². The van der Waals surface area contributed by atoms with Crippen LogP contribution >= 0.6 is 27.3 Å². The van der Waals surface area contributed by atoms with Gasteiger partial charge in [0.2, 0.25) is 0 Å². The fourth-order valence-electron chi connectivity index (χ4n) is 1.20. The minimum absolute atomic E-state index is 0.0728. The predicted molar refractivity (Wildman–Crippen MR) is 56.1 cm³/mol. The van der Waals surface area contributed by atoms with E-state index in [0.29, 0.717) is 14.6 Å². The summed E-state index contributed by atoms with van der Waals surface area (Å²) < 4.78 is 13.6. The molecule has 2 aromatic rings. The van der Waals surface area contributed by atoms with Crippen LogP contribution in [0.2, 0.25) is 0 Å². The van der Waals surface area contributed by atoms with Crippen LogP contribution in [0.3, 0.4) is 0 Å². The van der Waals surface area contributed by atoms with Gasteiger partial charge in [-0.25, -0.2) is 0 Å². The summed E-state index contributed by atoms with van der Waals surface area (Å²) in [5.41, 5.74) is -0.0728. The molecular weight excluding hydrogens is 273 g/mol. The second-order valence-electron chi connectivity index (χ2n) is 2.62. The highest BCUT2D eigenvalue weighted by atomic mass is 79.9. The van der Waals surface area contributed by atoms with Crippen LogP contribution in [-0.4, -0.2) is 4.92 Å². The monoisotopic (exact) mass is 275 g/mol. The van der Waals surface area contributed by atoms with Crippen LogP contribution in [0.25, 0.3) is 10.1 Å². The highest BCUT2D eigenvalue weighted by Crippen LogP contribution is 2.37. The molecule has 0 saturated carbocycles. The number of hydrogen-bond donors (Lipinski definition) is 0. The third kappa shape index (κ3) is 1.40. The summed E-state index contributed by atoms with van der Waals surface area (Å²) in [6.45, 7) is 0. The smallest absolute Gasteiger partial charge is 0.258 e. The lowest BCUT2D eigenvalue weighted by Gasteiger charge is -1.95. The minimum atomic E-state index is -0.512. The topological polar surface area (TPSA) is 43.1 Å². The van der Waals surface area contributed by atoms with Crippen molar-refractivity contribution in [3.8, 4) is 0 Å². The summed E-state index contributed by atoms with van der Waals surface area (Å²) in [6, 6.07) is 4.48. The average Bonchev–Trinajstić information content (AvgIpc) is 2.43. The molecule has 0 aliphatic rings. The van der Waals surface area contributed by atoms with Crippen LogP contribution in [0.5, 0.6) is 0 Å². The van der Waals surface area contributed by atoms with Gasteiger partial charge in [-0.15, -0.1) is 0 Å². The molecule has 0 spiro atoms. The molecule has 6 heteroatoms. The molecule has 72 valence electrons. The molecule has 0 aliphatic carbocycles. The first-order valence-corrected chi connectivity index (χ1v) is 5.22. The van der Waals surface area contributed by atoms with Crippen LogP contribution in [-0.2, 0) is 0 Å². The zero-order chi connectivity index (χ0) is 10.3. The Balaban J connectivity index is 2.88. The Kier molecular flexibility index (Phi) is 2.24. The Labute approximate surface area is 90.4 Å². The lowest BCUT2D eigenvalue weighted by molar-refractivity contribution is -0.383. The van der Waals surface area contributed by atoms with Gasteiger partial charge in [0.05, 0.1) is 9.40 Å². The maximum absolute atomic E-state index is 12.9. The molecule has 3 nitrogen and oxygen atoms in total. The molecular formula is C8H3BrFNO2S. The van der Waals surface area contributed by atoms with Gasteiger partial charge in [0, 0.05) is 5.39 Å². The molecule has 0 bridgehead atoms. The lowest BCUT2D eigenvalue weighted by atomic mass is 10.2. The molecule has 0 N–H and O–H groups in total. The molecule has 0 radical (unpaired) electrons. The second kappa shape index (κ2) is 3.29. The van der Waals surface area contributed by atoms with Gasteiger partial charge in [0.25, 0.3) is 0 Å². The molecule has 2 rings (SSSR count). The number of halogens is 2. The first kappa shape index (κ1) is 9.54. The third-order valence-corrected chi connectivity index (χ3v) is 3.35. The van der Waals surface area contributed by atoms with Crippen LogP contribution in [0.4, 0.5) is 10.1 Å². The highest BCUT2D eigenvalue weighted by molar-refractivity contribution is 9.10. The highest BCUT2D eigenvalue weighted by Gasteiger charge is 2.19. The SMILES string of the molecule is O=[N+]([O-])c1c(Br)ccc2cc(F)sc12. The Bertz CT molecular complexity index is 525. The standard InChI is InChI=1S/C8H3BrFNO2S/c9-5-2-1-4-3-6(10)14-8(4)7(5)11(12)13/h1-3H. The molecule has 0 unspecified atom stereocenters. The van der Waals surface area contributed by atoms with Crippen LogP contribution < -0.4 is 0 Å². The van der Waals surface area contributed by atoms with Crippen molar-refractivity contribution in [2.24, 2.45) is 0 Å². The van der Waals surface area contributed by atoms with Crippen molar-refractivity contribution in [3.63, 3.8) is 0 Å². The lowest BCUT2D eigenvalue weighted by Crippen LogP contribution is -1.88. The second-order valence-corrected chi connectivity index (χ2v) is 4.48. The number of nitro benzene ring substituents is 1. The first-order valence-electron chi connectivity index (χ1n) is 3.61. The molecule has 14 heavy (non-hydrogen) atoms. The number of nitro groups is 1. The van der Waals surface area contributed by atoms with Crippen molar-refractivity contribution in [2.75, 3.05) is 0 Å². The van der Waals surface area contributed by atoms with Crippen LogP contribution in [0.15, 0.2) is 22.7 Å². The Morgan fingerprint density at radius 1 is 1.50 bits per heavy atom. The van der Waals surface area contributed by atoms with E-state index >= 15 is 0 Å². The average molecular weight is 276 g/mol. The molecule has 1 aromatic carbocycles. The first-order chi connectivity index (χ1) is 6.59. The molecule has 0 amide bonds. The maximum Gasteiger partial charge on any atom is 0.301 e. The van der Waals surface area contributed by atoms with Crippen molar-refractivity contribution >= 4 is 43.0 Å². The number of rotatable bonds is 1.